The summed E-state index contributed by atoms with van der Waals surface area (Å²) >= 11 is 0. The lowest BCUT2D eigenvalue weighted by Gasteiger charge is -2.09. The van der Waals surface area contributed by atoms with E-state index in [9.17, 15) is 22.0 Å². The highest BCUT2D eigenvalue weighted by molar-refractivity contribution is 7.92. The molecule has 3 rings (SSSR count). The Morgan fingerprint density at radius 1 is 0.704 bits per heavy atom. The van der Waals surface area contributed by atoms with Gasteiger partial charge in [0.05, 0.1) is 4.90 Å². The summed E-state index contributed by atoms with van der Waals surface area (Å²) in [6.07, 6.45) is 0. The van der Waals surface area contributed by atoms with Crippen LogP contribution < -0.4 is 10.0 Å². The van der Waals surface area contributed by atoms with E-state index < -0.39 is 27.6 Å². The maximum absolute atomic E-state index is 12.9. The lowest BCUT2D eigenvalue weighted by molar-refractivity contribution is 0.102. The predicted octanol–water partition coefficient (Wildman–Crippen LogP) is 4.02. The van der Waals surface area contributed by atoms with Gasteiger partial charge in [0.2, 0.25) is 0 Å². The molecular formula is C19H14F2N2O3S. The number of sulfonamides is 1. The zero-order chi connectivity index (χ0) is 19.4. The van der Waals surface area contributed by atoms with E-state index in [4.69, 9.17) is 0 Å². The number of nitrogens with one attached hydrogen (secondary N) is 2. The first-order chi connectivity index (χ1) is 12.8. The van der Waals surface area contributed by atoms with E-state index in [-0.39, 0.29) is 16.1 Å². The van der Waals surface area contributed by atoms with Gasteiger partial charge in [-0.2, -0.15) is 0 Å². The second-order valence-electron chi connectivity index (χ2n) is 5.60. The van der Waals surface area contributed by atoms with Gasteiger partial charge in [-0.25, -0.2) is 17.2 Å². The standard InChI is InChI=1S/C19H14F2N2O3S/c20-14-3-7-16(8-4-14)22-19(24)13-1-11-18(12-2-13)27(25,26)23-17-9-5-15(21)6-10-17/h1-12,23H,(H,22,24). The van der Waals surface area contributed by atoms with Gasteiger partial charge in [0.25, 0.3) is 15.9 Å². The Labute approximate surface area is 154 Å². The van der Waals surface area contributed by atoms with Gasteiger partial charge in [-0.05, 0) is 72.8 Å². The summed E-state index contributed by atoms with van der Waals surface area (Å²) < 4.78 is 52.8. The molecule has 1 amide bonds. The minimum atomic E-state index is -3.88. The van der Waals surface area contributed by atoms with E-state index in [0.29, 0.717) is 5.69 Å². The van der Waals surface area contributed by atoms with Crippen LogP contribution in [0.1, 0.15) is 10.4 Å². The Bertz CT molecular complexity index is 1050. The van der Waals surface area contributed by atoms with Crippen molar-refractivity contribution in [3.63, 3.8) is 0 Å². The third-order valence-corrected chi connectivity index (χ3v) is 5.02. The summed E-state index contributed by atoms with van der Waals surface area (Å²) in [7, 11) is -3.88. The molecule has 0 saturated heterocycles. The fourth-order valence-corrected chi connectivity index (χ4v) is 3.31. The summed E-state index contributed by atoms with van der Waals surface area (Å²) in [6, 6.07) is 15.4. The molecule has 2 N–H and O–H groups in total. The van der Waals surface area contributed by atoms with Crippen molar-refractivity contribution in [3.05, 3.63) is 90.0 Å². The van der Waals surface area contributed by atoms with E-state index in [0.717, 1.165) is 12.1 Å². The normalized spacial score (nSPS) is 11.0. The molecule has 0 heterocycles. The highest BCUT2D eigenvalue weighted by Crippen LogP contribution is 2.18. The van der Waals surface area contributed by atoms with Gasteiger partial charge < -0.3 is 5.32 Å². The number of halogens is 2. The molecule has 0 unspecified atom stereocenters. The molecule has 138 valence electrons. The molecule has 0 aliphatic heterocycles. The molecule has 0 atom stereocenters. The number of amides is 1. The van der Waals surface area contributed by atoms with Gasteiger partial charge in [-0.1, -0.05) is 0 Å². The van der Waals surface area contributed by atoms with Gasteiger partial charge in [-0.15, -0.1) is 0 Å². The summed E-state index contributed by atoms with van der Waals surface area (Å²) in [6.45, 7) is 0. The summed E-state index contributed by atoms with van der Waals surface area (Å²) in [5, 5.41) is 2.58. The smallest absolute Gasteiger partial charge is 0.261 e. The molecule has 3 aromatic rings. The van der Waals surface area contributed by atoms with Crippen LogP contribution in [0.2, 0.25) is 0 Å². The molecule has 3 aromatic carbocycles. The lowest BCUT2D eigenvalue weighted by atomic mass is 10.2. The molecule has 27 heavy (non-hydrogen) atoms. The van der Waals surface area contributed by atoms with Crippen LogP contribution in [0.25, 0.3) is 0 Å². The third-order valence-electron chi connectivity index (χ3n) is 3.63. The van der Waals surface area contributed by atoms with E-state index in [1.165, 1.54) is 60.7 Å². The Morgan fingerprint density at radius 2 is 1.19 bits per heavy atom. The summed E-state index contributed by atoms with van der Waals surface area (Å²) in [4.78, 5) is 12.1. The van der Waals surface area contributed by atoms with Crippen LogP contribution in [0, 0.1) is 11.6 Å². The largest absolute Gasteiger partial charge is 0.322 e. The average Bonchev–Trinajstić information content (AvgIpc) is 2.65. The molecule has 0 aliphatic carbocycles. The first kappa shape index (κ1) is 18.5. The summed E-state index contributed by atoms with van der Waals surface area (Å²) in [5.74, 6) is -1.36. The maximum Gasteiger partial charge on any atom is 0.261 e. The fraction of sp³-hybridized carbons (Fsp3) is 0. The summed E-state index contributed by atoms with van der Waals surface area (Å²) in [5.41, 5.74) is 0.866. The molecule has 5 nitrogen and oxygen atoms in total. The lowest BCUT2D eigenvalue weighted by Crippen LogP contribution is -2.14. The average molecular weight is 388 g/mol. The van der Waals surface area contributed by atoms with Crippen molar-refractivity contribution < 1.29 is 22.0 Å². The SMILES string of the molecule is O=C(Nc1ccc(F)cc1)c1ccc(S(=O)(=O)Nc2ccc(F)cc2)cc1. The second kappa shape index (κ2) is 7.55. The Balaban J connectivity index is 1.72. The number of benzene rings is 3. The highest BCUT2D eigenvalue weighted by atomic mass is 32.2. The molecule has 0 saturated carbocycles. The molecule has 0 bridgehead atoms. The number of carbonyl (C=O) groups excluding carboxylic acids is 1. The van der Waals surface area contributed by atoms with Gasteiger partial charge in [0.1, 0.15) is 11.6 Å². The molecule has 0 aromatic heterocycles. The molecular weight excluding hydrogens is 374 g/mol. The van der Waals surface area contributed by atoms with Gasteiger partial charge in [0.15, 0.2) is 0 Å². The van der Waals surface area contributed by atoms with Crippen molar-refractivity contribution in [1.29, 1.82) is 0 Å². The highest BCUT2D eigenvalue weighted by Gasteiger charge is 2.15. The minimum absolute atomic E-state index is 0.0508. The van der Waals surface area contributed by atoms with E-state index >= 15 is 0 Å². The van der Waals surface area contributed by atoms with Gasteiger partial charge >= 0.3 is 0 Å². The van der Waals surface area contributed by atoms with E-state index in [2.05, 4.69) is 10.0 Å². The Morgan fingerprint density at radius 3 is 1.70 bits per heavy atom. The fourth-order valence-electron chi connectivity index (χ4n) is 2.25. The maximum atomic E-state index is 12.9. The zero-order valence-corrected chi connectivity index (χ0v) is 14.6. The van der Waals surface area contributed by atoms with Crippen molar-refractivity contribution in [1.82, 2.24) is 0 Å². The van der Waals surface area contributed by atoms with Crippen molar-refractivity contribution in [3.8, 4) is 0 Å². The van der Waals surface area contributed by atoms with Crippen LogP contribution >= 0.6 is 0 Å². The van der Waals surface area contributed by atoms with Crippen LogP contribution in [0.4, 0.5) is 20.2 Å². The first-order valence-corrected chi connectivity index (χ1v) is 9.27. The number of hydrogen-bond donors (Lipinski definition) is 2. The van der Waals surface area contributed by atoms with Crippen LogP contribution in [0.3, 0.4) is 0 Å². The van der Waals surface area contributed by atoms with E-state index in [1.807, 2.05) is 0 Å². The van der Waals surface area contributed by atoms with Gasteiger partial charge in [-0.3, -0.25) is 9.52 Å². The first-order valence-electron chi connectivity index (χ1n) is 7.79. The van der Waals surface area contributed by atoms with E-state index in [1.54, 1.807) is 0 Å². The molecule has 0 spiro atoms. The number of hydrogen-bond acceptors (Lipinski definition) is 3. The number of anilines is 2. The van der Waals surface area contributed by atoms with Crippen LogP contribution in [0.15, 0.2) is 77.7 Å². The van der Waals surface area contributed by atoms with Crippen LogP contribution in [0.5, 0.6) is 0 Å². The zero-order valence-electron chi connectivity index (χ0n) is 13.8. The molecule has 0 fully saturated rings. The predicted molar refractivity (Wildman–Crippen MR) is 98.0 cm³/mol. The van der Waals surface area contributed by atoms with Crippen molar-refractivity contribution >= 4 is 27.3 Å². The van der Waals surface area contributed by atoms with Crippen molar-refractivity contribution in [2.24, 2.45) is 0 Å². The van der Waals surface area contributed by atoms with Crippen molar-refractivity contribution in [2.45, 2.75) is 4.90 Å². The third kappa shape index (κ3) is 4.68. The number of carbonyl (C=O) groups is 1. The Hall–Kier alpha value is -3.26. The minimum Gasteiger partial charge on any atom is -0.322 e. The van der Waals surface area contributed by atoms with Gasteiger partial charge in [0, 0.05) is 16.9 Å². The monoisotopic (exact) mass is 388 g/mol. The Kier molecular flexibility index (Phi) is 5.18. The number of rotatable bonds is 5. The van der Waals surface area contributed by atoms with Crippen molar-refractivity contribution in [2.75, 3.05) is 10.0 Å². The van der Waals surface area contributed by atoms with Crippen LogP contribution in [-0.2, 0) is 10.0 Å². The molecule has 8 heteroatoms. The molecule has 0 radical (unpaired) electrons. The van der Waals surface area contributed by atoms with Crippen LogP contribution in [-0.4, -0.2) is 14.3 Å². The second-order valence-corrected chi connectivity index (χ2v) is 7.28. The topological polar surface area (TPSA) is 75.3 Å². The molecule has 0 aliphatic rings. The quantitative estimate of drug-likeness (QED) is 0.693.